The molecule has 126 valence electrons. The zero-order valence-corrected chi connectivity index (χ0v) is 13.7. The van der Waals surface area contributed by atoms with Crippen LogP contribution in [0, 0.1) is 18.3 Å². The Labute approximate surface area is 148 Å². The summed E-state index contributed by atoms with van der Waals surface area (Å²) in [5.74, 6) is 0.692. The monoisotopic (exact) mass is 332 g/mol. The van der Waals surface area contributed by atoms with Gasteiger partial charge >= 0.3 is 0 Å². The van der Waals surface area contributed by atoms with E-state index in [1.165, 1.54) is 0 Å². The Morgan fingerprint density at radius 1 is 1.04 bits per heavy atom. The fourth-order valence-corrected chi connectivity index (χ4v) is 2.41. The lowest BCUT2D eigenvalue weighted by atomic mass is 10.1. The highest BCUT2D eigenvalue weighted by molar-refractivity contribution is 5.78. The van der Waals surface area contributed by atoms with Gasteiger partial charge < -0.3 is 10.6 Å². The van der Waals surface area contributed by atoms with Crippen molar-refractivity contribution in [2.75, 3.05) is 10.6 Å². The molecule has 3 aromatic rings. The number of rotatable bonds is 5. The summed E-state index contributed by atoms with van der Waals surface area (Å²) < 4.78 is 0. The summed E-state index contributed by atoms with van der Waals surface area (Å²) in [5.41, 5.74) is 4.93. The molecular formula is C20H20N4O. The normalized spacial score (nSPS) is 9.92. The van der Waals surface area contributed by atoms with Crippen LogP contribution in [0.1, 0.15) is 24.3 Å². The molecule has 0 fully saturated rings. The highest BCUT2D eigenvalue weighted by Gasteiger charge is 2.03. The lowest BCUT2D eigenvalue weighted by Crippen LogP contribution is -1.97. The molecule has 0 radical (unpaired) electrons. The van der Waals surface area contributed by atoms with E-state index in [2.05, 4.69) is 21.7 Å². The number of carbonyl (C=O) groups excluding carboxylic acids is 1. The quantitative estimate of drug-likeness (QED) is 0.639. The second kappa shape index (κ2) is 7.28. The first-order valence-corrected chi connectivity index (χ1v) is 7.74. The largest absolute Gasteiger partial charge is 0.355 e. The molecule has 0 aliphatic carbocycles. The number of nitrogens with zero attached hydrogens (tertiary/aromatic N) is 2. The van der Waals surface area contributed by atoms with Crippen LogP contribution >= 0.6 is 0 Å². The second-order valence-electron chi connectivity index (χ2n) is 5.56. The SMILES string of the molecule is Cc1cc(C=O)ccc1Nc1ccnc(Nc2ccc(C#N)cc2)c1.[HH].[HH]. The summed E-state index contributed by atoms with van der Waals surface area (Å²) in [6, 6.07) is 18.5. The van der Waals surface area contributed by atoms with Crippen molar-refractivity contribution < 1.29 is 7.65 Å². The number of benzene rings is 2. The van der Waals surface area contributed by atoms with Crippen molar-refractivity contribution in [3.8, 4) is 6.07 Å². The van der Waals surface area contributed by atoms with Crippen molar-refractivity contribution in [2.24, 2.45) is 0 Å². The standard InChI is InChI=1S/C20H16N4O.2H2/c1-14-10-16(13-25)4-7-19(14)23-18-8-9-22-20(11-18)24-17-5-2-15(12-21)3-6-17;;/h2-11,13H,1H3,(H2,22,23,24);2*1H. The maximum absolute atomic E-state index is 10.8. The summed E-state index contributed by atoms with van der Waals surface area (Å²) in [6.45, 7) is 1.95. The molecule has 0 amide bonds. The first-order chi connectivity index (χ1) is 12.2. The van der Waals surface area contributed by atoms with E-state index in [0.29, 0.717) is 16.9 Å². The molecule has 25 heavy (non-hydrogen) atoms. The van der Waals surface area contributed by atoms with Gasteiger partial charge in [-0.3, -0.25) is 4.79 Å². The van der Waals surface area contributed by atoms with Crippen molar-refractivity contribution >= 4 is 29.2 Å². The van der Waals surface area contributed by atoms with Crippen LogP contribution in [0.3, 0.4) is 0 Å². The predicted molar refractivity (Wildman–Crippen MR) is 103 cm³/mol. The summed E-state index contributed by atoms with van der Waals surface area (Å²) in [5, 5.41) is 15.4. The minimum absolute atomic E-state index is 0. The number of aryl methyl sites for hydroxylation is 1. The van der Waals surface area contributed by atoms with E-state index in [1.807, 2.05) is 43.3 Å². The van der Waals surface area contributed by atoms with Gasteiger partial charge in [0.2, 0.25) is 0 Å². The molecule has 1 aromatic heterocycles. The smallest absolute Gasteiger partial charge is 0.150 e. The van der Waals surface area contributed by atoms with Crippen molar-refractivity contribution in [1.82, 2.24) is 4.98 Å². The van der Waals surface area contributed by atoms with Crippen molar-refractivity contribution in [2.45, 2.75) is 6.92 Å². The Morgan fingerprint density at radius 2 is 1.84 bits per heavy atom. The van der Waals surface area contributed by atoms with Gasteiger partial charge in [-0.25, -0.2) is 4.98 Å². The van der Waals surface area contributed by atoms with E-state index in [9.17, 15) is 4.79 Å². The van der Waals surface area contributed by atoms with E-state index in [4.69, 9.17) is 5.26 Å². The van der Waals surface area contributed by atoms with Crippen LogP contribution in [0.15, 0.2) is 60.8 Å². The average Bonchev–Trinajstić information content (AvgIpc) is 2.64. The number of carbonyl (C=O) groups is 1. The van der Waals surface area contributed by atoms with E-state index in [0.717, 1.165) is 28.9 Å². The van der Waals surface area contributed by atoms with Crippen LogP contribution in [-0.2, 0) is 0 Å². The maximum Gasteiger partial charge on any atom is 0.150 e. The number of nitrogens with one attached hydrogen (secondary N) is 2. The Kier molecular flexibility index (Phi) is 4.72. The number of aromatic nitrogens is 1. The summed E-state index contributed by atoms with van der Waals surface area (Å²) in [6.07, 6.45) is 2.55. The zero-order chi connectivity index (χ0) is 17.6. The fourth-order valence-electron chi connectivity index (χ4n) is 2.41. The van der Waals surface area contributed by atoms with Gasteiger partial charge in [0.1, 0.15) is 12.1 Å². The van der Waals surface area contributed by atoms with Crippen LogP contribution in [0.2, 0.25) is 0 Å². The summed E-state index contributed by atoms with van der Waals surface area (Å²) >= 11 is 0. The van der Waals surface area contributed by atoms with Gasteiger partial charge in [0.25, 0.3) is 0 Å². The van der Waals surface area contributed by atoms with Gasteiger partial charge in [0.15, 0.2) is 0 Å². The topological polar surface area (TPSA) is 77.8 Å². The minimum atomic E-state index is 0. The van der Waals surface area contributed by atoms with Crippen molar-refractivity contribution in [1.29, 1.82) is 5.26 Å². The molecule has 0 saturated heterocycles. The van der Waals surface area contributed by atoms with Crippen LogP contribution < -0.4 is 10.6 Å². The van der Waals surface area contributed by atoms with Gasteiger partial charge in [-0.15, -0.1) is 0 Å². The molecule has 0 saturated carbocycles. The van der Waals surface area contributed by atoms with Gasteiger partial charge in [0, 0.05) is 37.7 Å². The molecule has 2 aromatic carbocycles. The molecule has 3 rings (SSSR count). The second-order valence-corrected chi connectivity index (χ2v) is 5.56. The third-order valence-corrected chi connectivity index (χ3v) is 3.71. The van der Waals surface area contributed by atoms with Gasteiger partial charge in [-0.1, -0.05) is 0 Å². The number of nitriles is 1. The highest BCUT2D eigenvalue weighted by Crippen LogP contribution is 2.24. The molecule has 0 bridgehead atoms. The Hall–Kier alpha value is -3.65. The van der Waals surface area contributed by atoms with E-state index in [-0.39, 0.29) is 2.85 Å². The number of hydrogen-bond acceptors (Lipinski definition) is 5. The zero-order valence-electron chi connectivity index (χ0n) is 13.7. The lowest BCUT2D eigenvalue weighted by molar-refractivity contribution is 0.112. The number of hydrogen-bond donors (Lipinski definition) is 2. The molecule has 1 heterocycles. The Balaban J connectivity index is 0.00000182. The molecule has 0 aliphatic rings. The van der Waals surface area contributed by atoms with E-state index >= 15 is 0 Å². The van der Waals surface area contributed by atoms with Gasteiger partial charge in [0.05, 0.1) is 11.6 Å². The molecule has 2 N–H and O–H groups in total. The highest BCUT2D eigenvalue weighted by atomic mass is 16.1. The van der Waals surface area contributed by atoms with Crippen LogP contribution in [0.5, 0.6) is 0 Å². The molecular weight excluding hydrogens is 312 g/mol. The first kappa shape index (κ1) is 16.2. The van der Waals surface area contributed by atoms with Gasteiger partial charge in [-0.2, -0.15) is 5.26 Å². The van der Waals surface area contributed by atoms with Crippen LogP contribution in [0.25, 0.3) is 0 Å². The van der Waals surface area contributed by atoms with Crippen LogP contribution in [0.4, 0.5) is 22.9 Å². The van der Waals surface area contributed by atoms with Crippen LogP contribution in [-0.4, -0.2) is 11.3 Å². The molecule has 5 heteroatoms. The first-order valence-electron chi connectivity index (χ1n) is 7.74. The molecule has 0 aliphatic heterocycles. The third-order valence-electron chi connectivity index (χ3n) is 3.71. The number of pyridine rings is 1. The lowest BCUT2D eigenvalue weighted by Gasteiger charge is -2.12. The maximum atomic E-state index is 10.8. The third kappa shape index (κ3) is 4.01. The molecule has 5 nitrogen and oxygen atoms in total. The van der Waals surface area contributed by atoms with Crippen molar-refractivity contribution in [3.05, 3.63) is 77.5 Å². The molecule has 0 spiro atoms. The van der Waals surface area contributed by atoms with E-state index < -0.39 is 0 Å². The Morgan fingerprint density at radius 3 is 2.52 bits per heavy atom. The Bertz CT molecular complexity index is 953. The molecule has 0 unspecified atom stereocenters. The fraction of sp³-hybridized carbons (Fsp3) is 0.0500. The molecule has 0 atom stereocenters. The number of anilines is 4. The van der Waals surface area contributed by atoms with E-state index in [1.54, 1.807) is 24.4 Å². The minimum Gasteiger partial charge on any atom is -0.355 e. The number of aldehydes is 1. The summed E-state index contributed by atoms with van der Waals surface area (Å²) in [7, 11) is 0. The van der Waals surface area contributed by atoms with Gasteiger partial charge in [-0.05, 0) is 61.0 Å². The summed E-state index contributed by atoms with van der Waals surface area (Å²) in [4.78, 5) is 15.1. The average molecular weight is 332 g/mol. The van der Waals surface area contributed by atoms with Crippen molar-refractivity contribution in [3.63, 3.8) is 0 Å². The predicted octanol–water partition coefficient (Wildman–Crippen LogP) is 5.05.